The molecule has 1 aliphatic rings. The topological polar surface area (TPSA) is 32.8 Å². The van der Waals surface area contributed by atoms with Gasteiger partial charge in [0.15, 0.2) is 0 Å². The molecule has 1 rings (SSSR count). The maximum atomic E-state index is 8.48. The lowest BCUT2D eigenvalue weighted by molar-refractivity contribution is 0.241. The lowest BCUT2D eigenvalue weighted by Crippen LogP contribution is -1.97. The van der Waals surface area contributed by atoms with E-state index in [-0.39, 0.29) is 12.7 Å². The molecule has 2 atom stereocenters. The van der Waals surface area contributed by atoms with E-state index in [0.717, 1.165) is 12.8 Å². The normalized spacial score (nSPS) is 35.2. The highest BCUT2D eigenvalue weighted by Crippen LogP contribution is 2.25. The molecule has 1 fully saturated rings. The molecule has 0 aromatic heterocycles. The van der Waals surface area contributed by atoms with Crippen molar-refractivity contribution in [3.8, 4) is 0 Å². The van der Waals surface area contributed by atoms with Gasteiger partial charge in [-0.05, 0) is 6.42 Å². The zero-order valence-corrected chi connectivity index (χ0v) is 5.13. The number of rotatable bonds is 3. The number of ether oxygens (including phenoxy) is 1. The zero-order valence-electron chi connectivity index (χ0n) is 5.13. The minimum Gasteiger partial charge on any atom is -0.394 e. The summed E-state index contributed by atoms with van der Waals surface area (Å²) in [5.41, 5.74) is 0. The minimum absolute atomic E-state index is 0.176. The van der Waals surface area contributed by atoms with Crippen molar-refractivity contribution in [1.29, 1.82) is 0 Å². The van der Waals surface area contributed by atoms with Crippen molar-refractivity contribution in [3.05, 3.63) is 0 Å². The monoisotopic (exact) mass is 116 g/mol. The molecule has 2 nitrogen and oxygen atoms in total. The van der Waals surface area contributed by atoms with E-state index in [1.165, 1.54) is 0 Å². The minimum atomic E-state index is 0.176. The third-order valence-corrected chi connectivity index (χ3v) is 1.44. The summed E-state index contributed by atoms with van der Waals surface area (Å²) < 4.78 is 5.06. The number of aliphatic hydroxyl groups is 1. The van der Waals surface area contributed by atoms with Gasteiger partial charge in [-0.1, -0.05) is 13.3 Å². The Labute approximate surface area is 49.5 Å². The number of epoxide rings is 1. The van der Waals surface area contributed by atoms with E-state index in [0.29, 0.717) is 6.10 Å². The maximum absolute atomic E-state index is 8.48. The molecule has 1 saturated heterocycles. The van der Waals surface area contributed by atoms with E-state index in [4.69, 9.17) is 9.84 Å². The highest BCUT2D eigenvalue weighted by Gasteiger charge is 2.36. The standard InChI is InChI=1S/C6H12O2/c1-2-3-5-6(4-7)8-5/h5-7H,2-4H2,1H3/t5-,6?/m1/s1. The molecule has 1 unspecified atom stereocenters. The summed E-state index contributed by atoms with van der Waals surface area (Å²) in [7, 11) is 0. The molecule has 0 bridgehead atoms. The summed E-state index contributed by atoms with van der Waals surface area (Å²) in [5, 5.41) is 8.48. The maximum Gasteiger partial charge on any atom is 0.107 e. The molecule has 0 saturated carbocycles. The van der Waals surface area contributed by atoms with Crippen LogP contribution >= 0.6 is 0 Å². The van der Waals surface area contributed by atoms with Crippen LogP contribution in [0.3, 0.4) is 0 Å². The molecule has 2 heteroatoms. The SMILES string of the molecule is CCC[C@H]1OC1CO. The van der Waals surface area contributed by atoms with Crippen molar-refractivity contribution in [2.45, 2.75) is 32.0 Å². The fourth-order valence-electron chi connectivity index (χ4n) is 0.878. The van der Waals surface area contributed by atoms with Gasteiger partial charge in [-0.15, -0.1) is 0 Å². The predicted molar refractivity (Wildman–Crippen MR) is 30.7 cm³/mol. The van der Waals surface area contributed by atoms with Crippen molar-refractivity contribution in [2.24, 2.45) is 0 Å². The molecule has 0 aromatic rings. The summed E-state index contributed by atoms with van der Waals surface area (Å²) in [6.45, 7) is 2.32. The Hall–Kier alpha value is -0.0800. The van der Waals surface area contributed by atoms with E-state index in [1.807, 2.05) is 0 Å². The average molecular weight is 116 g/mol. The van der Waals surface area contributed by atoms with Crippen molar-refractivity contribution in [2.75, 3.05) is 6.61 Å². The Kier molecular flexibility index (Phi) is 1.86. The van der Waals surface area contributed by atoms with Gasteiger partial charge in [-0.25, -0.2) is 0 Å². The predicted octanol–water partition coefficient (Wildman–Crippen LogP) is 0.546. The first-order valence-electron chi connectivity index (χ1n) is 3.14. The quantitative estimate of drug-likeness (QED) is 0.546. The summed E-state index contributed by atoms with van der Waals surface area (Å²) >= 11 is 0. The Morgan fingerprint density at radius 2 is 2.25 bits per heavy atom. The smallest absolute Gasteiger partial charge is 0.107 e. The molecule has 0 amide bonds. The van der Waals surface area contributed by atoms with Gasteiger partial charge in [0.25, 0.3) is 0 Å². The van der Waals surface area contributed by atoms with Gasteiger partial charge in [0.05, 0.1) is 12.7 Å². The van der Waals surface area contributed by atoms with Crippen LogP contribution in [-0.4, -0.2) is 23.9 Å². The Bertz CT molecular complexity index is 72.9. The summed E-state index contributed by atoms with van der Waals surface area (Å²) in [4.78, 5) is 0. The molecule has 1 aliphatic heterocycles. The summed E-state index contributed by atoms with van der Waals surface area (Å²) in [6.07, 6.45) is 2.81. The lowest BCUT2D eigenvalue weighted by atomic mass is 10.2. The van der Waals surface area contributed by atoms with Crippen LogP contribution in [0, 0.1) is 0 Å². The van der Waals surface area contributed by atoms with E-state index in [1.54, 1.807) is 0 Å². The second kappa shape index (κ2) is 2.46. The van der Waals surface area contributed by atoms with E-state index >= 15 is 0 Å². The van der Waals surface area contributed by atoms with Crippen molar-refractivity contribution >= 4 is 0 Å². The van der Waals surface area contributed by atoms with Gasteiger partial charge in [0, 0.05) is 0 Å². The molecular weight excluding hydrogens is 104 g/mol. The van der Waals surface area contributed by atoms with Crippen molar-refractivity contribution in [3.63, 3.8) is 0 Å². The molecule has 1 heterocycles. The van der Waals surface area contributed by atoms with Gasteiger partial charge < -0.3 is 9.84 Å². The number of hydrogen-bond donors (Lipinski definition) is 1. The fourth-order valence-corrected chi connectivity index (χ4v) is 0.878. The molecule has 0 aromatic carbocycles. The lowest BCUT2D eigenvalue weighted by Gasteiger charge is -1.84. The summed E-state index contributed by atoms with van der Waals surface area (Å²) in [6, 6.07) is 0. The first-order chi connectivity index (χ1) is 3.88. The van der Waals surface area contributed by atoms with Crippen molar-refractivity contribution < 1.29 is 9.84 Å². The van der Waals surface area contributed by atoms with Crippen LogP contribution in [-0.2, 0) is 4.74 Å². The van der Waals surface area contributed by atoms with E-state index in [2.05, 4.69) is 6.92 Å². The van der Waals surface area contributed by atoms with Crippen LogP contribution in [0.2, 0.25) is 0 Å². The highest BCUT2D eigenvalue weighted by molar-refractivity contribution is 4.82. The fraction of sp³-hybridized carbons (Fsp3) is 1.00. The molecule has 8 heavy (non-hydrogen) atoms. The van der Waals surface area contributed by atoms with Crippen LogP contribution < -0.4 is 0 Å². The Balaban J connectivity index is 1.99. The second-order valence-corrected chi connectivity index (χ2v) is 2.18. The average Bonchev–Trinajstić information content (AvgIpc) is 2.48. The van der Waals surface area contributed by atoms with Crippen LogP contribution in [0.1, 0.15) is 19.8 Å². The third kappa shape index (κ3) is 1.20. The van der Waals surface area contributed by atoms with Crippen LogP contribution in [0.4, 0.5) is 0 Å². The van der Waals surface area contributed by atoms with Gasteiger partial charge in [-0.2, -0.15) is 0 Å². The zero-order chi connectivity index (χ0) is 5.98. The van der Waals surface area contributed by atoms with Gasteiger partial charge in [0.1, 0.15) is 6.10 Å². The largest absolute Gasteiger partial charge is 0.394 e. The van der Waals surface area contributed by atoms with Gasteiger partial charge >= 0.3 is 0 Å². The number of aliphatic hydroxyl groups excluding tert-OH is 1. The molecule has 0 spiro atoms. The molecule has 0 radical (unpaired) electrons. The highest BCUT2D eigenvalue weighted by atomic mass is 16.6. The molecular formula is C6H12O2. The van der Waals surface area contributed by atoms with Crippen molar-refractivity contribution in [1.82, 2.24) is 0 Å². The number of hydrogen-bond acceptors (Lipinski definition) is 2. The van der Waals surface area contributed by atoms with Crippen LogP contribution in [0.15, 0.2) is 0 Å². The Morgan fingerprint density at radius 1 is 1.50 bits per heavy atom. The first-order valence-corrected chi connectivity index (χ1v) is 3.14. The van der Waals surface area contributed by atoms with E-state index < -0.39 is 0 Å². The molecule has 1 N–H and O–H groups in total. The van der Waals surface area contributed by atoms with E-state index in [9.17, 15) is 0 Å². The molecule has 48 valence electrons. The second-order valence-electron chi connectivity index (χ2n) is 2.18. The van der Waals surface area contributed by atoms with Gasteiger partial charge in [0.2, 0.25) is 0 Å². The van der Waals surface area contributed by atoms with Crippen LogP contribution in [0.5, 0.6) is 0 Å². The summed E-state index contributed by atoms with van der Waals surface area (Å²) in [5.74, 6) is 0. The Morgan fingerprint density at radius 3 is 2.62 bits per heavy atom. The molecule has 0 aliphatic carbocycles. The van der Waals surface area contributed by atoms with Gasteiger partial charge in [-0.3, -0.25) is 0 Å². The van der Waals surface area contributed by atoms with Crippen LogP contribution in [0.25, 0.3) is 0 Å². The third-order valence-electron chi connectivity index (χ3n) is 1.44. The first kappa shape index (κ1) is 6.05.